The normalized spacial score (nSPS) is 13.0. The molecule has 6 nitrogen and oxygen atoms in total. The van der Waals surface area contributed by atoms with Crippen LogP contribution < -0.4 is 24.7 Å². The maximum absolute atomic E-state index is 13.1. The highest BCUT2D eigenvalue weighted by Crippen LogP contribution is 2.42. The summed E-state index contributed by atoms with van der Waals surface area (Å²) in [6, 6.07) is 8.70. The van der Waals surface area contributed by atoms with Gasteiger partial charge >= 0.3 is 0 Å². The fourth-order valence-corrected chi connectivity index (χ4v) is 2.93. The number of rotatable bonds is 6. The number of nitrogen functional groups attached to an aromatic ring is 1. The van der Waals surface area contributed by atoms with Crippen LogP contribution in [0.15, 0.2) is 35.9 Å². The summed E-state index contributed by atoms with van der Waals surface area (Å²) in [6.45, 7) is 4.10. The van der Waals surface area contributed by atoms with E-state index in [1.54, 1.807) is 25.3 Å². The summed E-state index contributed by atoms with van der Waals surface area (Å²) >= 11 is 0. The zero-order valence-corrected chi connectivity index (χ0v) is 15.9. The molecule has 0 amide bonds. The van der Waals surface area contributed by atoms with E-state index in [4.69, 9.17) is 24.7 Å². The molecule has 0 spiro atoms. The summed E-state index contributed by atoms with van der Waals surface area (Å²) < 4.78 is 21.5. The van der Waals surface area contributed by atoms with E-state index >= 15 is 0 Å². The number of anilines is 1. The van der Waals surface area contributed by atoms with Gasteiger partial charge in [0.2, 0.25) is 12.5 Å². The number of hydrogen-bond donors (Lipinski definition) is 1. The first-order valence-corrected chi connectivity index (χ1v) is 8.62. The summed E-state index contributed by atoms with van der Waals surface area (Å²) in [7, 11) is 3.10. The molecule has 1 aliphatic rings. The Hall–Kier alpha value is -3.15. The molecule has 0 unspecified atom stereocenters. The molecular formula is C21H23NO5. The standard InChI is InChI=1S/C21H23NO5/c1-12(2)15(20(23)14-5-6-16(22)17(10-14)24-3)7-13-8-18(25-4)21-19(9-13)26-11-27-21/h5-10,12H,11,22H2,1-4H3/b15-7+. The van der Waals surface area contributed by atoms with Crippen molar-refractivity contribution < 1.29 is 23.7 Å². The molecule has 0 aliphatic carbocycles. The van der Waals surface area contributed by atoms with Crippen molar-refractivity contribution in [3.63, 3.8) is 0 Å². The summed E-state index contributed by atoms with van der Waals surface area (Å²) in [5, 5.41) is 0. The van der Waals surface area contributed by atoms with Crippen LogP contribution in [0.3, 0.4) is 0 Å². The van der Waals surface area contributed by atoms with Gasteiger partial charge in [-0.05, 0) is 47.9 Å². The van der Waals surface area contributed by atoms with E-state index in [9.17, 15) is 4.79 Å². The lowest BCUT2D eigenvalue weighted by molar-refractivity contribution is 0.102. The van der Waals surface area contributed by atoms with E-state index < -0.39 is 0 Å². The second-order valence-corrected chi connectivity index (χ2v) is 6.50. The van der Waals surface area contributed by atoms with Crippen molar-refractivity contribution in [3.05, 3.63) is 47.0 Å². The van der Waals surface area contributed by atoms with Gasteiger partial charge in [-0.3, -0.25) is 4.79 Å². The van der Waals surface area contributed by atoms with Crippen LogP contribution in [0.4, 0.5) is 5.69 Å². The van der Waals surface area contributed by atoms with Crippen LogP contribution >= 0.6 is 0 Å². The van der Waals surface area contributed by atoms with Gasteiger partial charge in [-0.2, -0.15) is 0 Å². The Kier molecular flexibility index (Phi) is 5.26. The molecule has 2 aromatic carbocycles. The van der Waals surface area contributed by atoms with Gasteiger partial charge in [0.05, 0.1) is 19.9 Å². The Balaban J connectivity index is 2.02. The Morgan fingerprint density at radius 2 is 1.85 bits per heavy atom. The first-order chi connectivity index (χ1) is 12.9. The highest BCUT2D eigenvalue weighted by atomic mass is 16.7. The predicted molar refractivity (Wildman–Crippen MR) is 104 cm³/mol. The van der Waals surface area contributed by atoms with Crippen LogP contribution in [0.2, 0.25) is 0 Å². The van der Waals surface area contributed by atoms with Gasteiger partial charge in [-0.25, -0.2) is 0 Å². The van der Waals surface area contributed by atoms with Gasteiger partial charge < -0.3 is 24.7 Å². The number of carbonyl (C=O) groups excluding carboxylic acids is 1. The van der Waals surface area contributed by atoms with Crippen molar-refractivity contribution in [2.75, 3.05) is 26.7 Å². The second-order valence-electron chi connectivity index (χ2n) is 6.50. The lowest BCUT2D eigenvalue weighted by Crippen LogP contribution is -2.09. The van der Waals surface area contributed by atoms with Gasteiger partial charge in [0.25, 0.3) is 0 Å². The van der Waals surface area contributed by atoms with E-state index in [0.29, 0.717) is 39.8 Å². The molecular weight excluding hydrogens is 346 g/mol. The molecule has 0 aromatic heterocycles. The number of Topliss-reactive ketones (excluding diaryl/α,β-unsaturated/α-hetero) is 1. The first-order valence-electron chi connectivity index (χ1n) is 8.62. The topological polar surface area (TPSA) is 80.0 Å². The van der Waals surface area contributed by atoms with Crippen LogP contribution in [-0.4, -0.2) is 26.8 Å². The van der Waals surface area contributed by atoms with E-state index in [1.165, 1.54) is 7.11 Å². The maximum atomic E-state index is 13.1. The van der Waals surface area contributed by atoms with Gasteiger partial charge in [0, 0.05) is 11.1 Å². The number of allylic oxidation sites excluding steroid dienone is 1. The molecule has 0 saturated carbocycles. The molecule has 2 N–H and O–H groups in total. The zero-order chi connectivity index (χ0) is 19.6. The molecule has 3 rings (SSSR count). The summed E-state index contributed by atoms with van der Waals surface area (Å²) in [4.78, 5) is 13.1. The highest BCUT2D eigenvalue weighted by molar-refractivity contribution is 6.12. The van der Waals surface area contributed by atoms with Crippen molar-refractivity contribution in [2.45, 2.75) is 13.8 Å². The molecule has 0 bridgehead atoms. The van der Waals surface area contributed by atoms with Crippen molar-refractivity contribution >= 4 is 17.5 Å². The van der Waals surface area contributed by atoms with Gasteiger partial charge in [-0.15, -0.1) is 0 Å². The minimum atomic E-state index is -0.0834. The maximum Gasteiger partial charge on any atom is 0.231 e. The zero-order valence-electron chi connectivity index (χ0n) is 15.9. The van der Waals surface area contributed by atoms with Crippen LogP contribution in [0.1, 0.15) is 29.8 Å². The number of methoxy groups -OCH3 is 2. The monoisotopic (exact) mass is 369 g/mol. The minimum absolute atomic E-state index is 0.0115. The highest BCUT2D eigenvalue weighted by Gasteiger charge is 2.21. The fourth-order valence-electron chi connectivity index (χ4n) is 2.93. The Morgan fingerprint density at radius 1 is 1.11 bits per heavy atom. The van der Waals surface area contributed by atoms with Gasteiger partial charge in [0.15, 0.2) is 17.3 Å². The third-order valence-corrected chi connectivity index (χ3v) is 4.38. The Labute approximate surface area is 158 Å². The summed E-state index contributed by atoms with van der Waals surface area (Å²) in [5.74, 6) is 2.16. The van der Waals surface area contributed by atoms with Crippen molar-refractivity contribution in [3.8, 4) is 23.0 Å². The molecule has 27 heavy (non-hydrogen) atoms. The molecule has 142 valence electrons. The van der Waals surface area contributed by atoms with E-state index in [1.807, 2.05) is 32.1 Å². The molecule has 0 saturated heterocycles. The summed E-state index contributed by atoms with van der Waals surface area (Å²) in [5.41, 5.74) is 8.32. The van der Waals surface area contributed by atoms with Crippen molar-refractivity contribution in [1.82, 2.24) is 0 Å². The molecule has 2 aromatic rings. The van der Waals surface area contributed by atoms with E-state index in [0.717, 1.165) is 5.56 Å². The first kappa shape index (κ1) is 18.6. The quantitative estimate of drug-likeness (QED) is 0.472. The Bertz CT molecular complexity index is 902. The number of hydrogen-bond acceptors (Lipinski definition) is 6. The third-order valence-electron chi connectivity index (χ3n) is 4.38. The SMILES string of the molecule is COc1cc(C(=O)/C(=C/c2cc(OC)c3c(c2)OCO3)C(C)C)ccc1N. The Morgan fingerprint density at radius 3 is 2.52 bits per heavy atom. The summed E-state index contributed by atoms with van der Waals surface area (Å²) in [6.07, 6.45) is 1.85. The van der Waals surface area contributed by atoms with Crippen molar-refractivity contribution in [1.29, 1.82) is 0 Å². The predicted octanol–water partition coefficient (Wildman–Crippen LogP) is 3.94. The number of nitrogens with two attached hydrogens (primary N) is 1. The largest absolute Gasteiger partial charge is 0.495 e. The van der Waals surface area contributed by atoms with Crippen LogP contribution in [0, 0.1) is 5.92 Å². The molecule has 0 fully saturated rings. The average Bonchev–Trinajstić information content (AvgIpc) is 3.13. The molecule has 1 aliphatic heterocycles. The number of ketones is 1. The smallest absolute Gasteiger partial charge is 0.231 e. The van der Waals surface area contributed by atoms with Crippen LogP contribution in [-0.2, 0) is 0 Å². The molecule has 1 heterocycles. The number of carbonyl (C=O) groups is 1. The number of benzene rings is 2. The average molecular weight is 369 g/mol. The third kappa shape index (κ3) is 3.69. The van der Waals surface area contributed by atoms with Crippen LogP contribution in [0.5, 0.6) is 23.0 Å². The molecule has 0 atom stereocenters. The minimum Gasteiger partial charge on any atom is -0.495 e. The van der Waals surface area contributed by atoms with E-state index in [-0.39, 0.29) is 18.5 Å². The van der Waals surface area contributed by atoms with Gasteiger partial charge in [0.1, 0.15) is 5.75 Å². The molecule has 0 radical (unpaired) electrons. The number of ether oxygens (including phenoxy) is 4. The number of fused-ring (bicyclic) bond motifs is 1. The molecule has 6 heteroatoms. The lowest BCUT2D eigenvalue weighted by atomic mass is 9.92. The second kappa shape index (κ2) is 7.61. The van der Waals surface area contributed by atoms with Gasteiger partial charge in [-0.1, -0.05) is 13.8 Å². The van der Waals surface area contributed by atoms with E-state index in [2.05, 4.69) is 0 Å². The fraction of sp³-hybridized carbons (Fsp3) is 0.286. The van der Waals surface area contributed by atoms with Crippen LogP contribution in [0.25, 0.3) is 6.08 Å². The lowest BCUT2D eigenvalue weighted by Gasteiger charge is -2.13. The van der Waals surface area contributed by atoms with Crippen molar-refractivity contribution in [2.24, 2.45) is 5.92 Å².